The molecule has 0 radical (unpaired) electrons. The zero-order chi connectivity index (χ0) is 14.5. The Morgan fingerprint density at radius 3 is 2.60 bits per heavy atom. The summed E-state index contributed by atoms with van der Waals surface area (Å²) >= 11 is 0. The van der Waals surface area contributed by atoms with E-state index in [-0.39, 0.29) is 11.8 Å². The van der Waals surface area contributed by atoms with Crippen molar-refractivity contribution in [3.05, 3.63) is 29.8 Å². The van der Waals surface area contributed by atoms with Crippen molar-refractivity contribution in [1.82, 2.24) is 10.2 Å². The van der Waals surface area contributed by atoms with Gasteiger partial charge in [-0.05, 0) is 25.0 Å². The van der Waals surface area contributed by atoms with Crippen LogP contribution in [0, 0.1) is 0 Å². The van der Waals surface area contributed by atoms with Crippen molar-refractivity contribution < 1.29 is 9.59 Å². The Kier molecular flexibility index (Phi) is 4.74. The molecular formula is C15H21N3O2. The quantitative estimate of drug-likeness (QED) is 0.826. The highest BCUT2D eigenvalue weighted by Crippen LogP contribution is 2.19. The molecule has 1 saturated carbocycles. The number of rotatable bonds is 6. The van der Waals surface area contributed by atoms with Crippen LogP contribution in [0.2, 0.25) is 0 Å². The van der Waals surface area contributed by atoms with Gasteiger partial charge in [-0.3, -0.25) is 9.59 Å². The van der Waals surface area contributed by atoms with E-state index in [4.69, 9.17) is 0 Å². The zero-order valence-electron chi connectivity index (χ0n) is 12.0. The summed E-state index contributed by atoms with van der Waals surface area (Å²) in [6.07, 6.45) is 2.84. The number of amides is 2. The molecule has 20 heavy (non-hydrogen) atoms. The normalized spacial score (nSPS) is 13.9. The van der Waals surface area contributed by atoms with Gasteiger partial charge in [0.1, 0.15) is 0 Å². The van der Waals surface area contributed by atoms with Crippen molar-refractivity contribution in [3.8, 4) is 0 Å². The Hall–Kier alpha value is -1.88. The van der Waals surface area contributed by atoms with Crippen LogP contribution in [0.3, 0.4) is 0 Å². The van der Waals surface area contributed by atoms with Crippen molar-refractivity contribution in [1.29, 1.82) is 0 Å². The van der Waals surface area contributed by atoms with Crippen LogP contribution in [0.5, 0.6) is 0 Å². The highest BCUT2D eigenvalue weighted by atomic mass is 16.2. The lowest BCUT2D eigenvalue weighted by Crippen LogP contribution is -2.26. The third kappa shape index (κ3) is 4.06. The van der Waals surface area contributed by atoms with Crippen LogP contribution < -0.4 is 10.6 Å². The van der Waals surface area contributed by atoms with Gasteiger partial charge >= 0.3 is 0 Å². The number of hydrogen-bond donors (Lipinski definition) is 2. The van der Waals surface area contributed by atoms with Gasteiger partial charge < -0.3 is 15.5 Å². The largest absolute Gasteiger partial charge is 0.345 e. The maximum absolute atomic E-state index is 12.0. The second-order valence-corrected chi connectivity index (χ2v) is 5.27. The van der Waals surface area contributed by atoms with Crippen molar-refractivity contribution in [2.45, 2.75) is 25.3 Å². The molecule has 1 aromatic carbocycles. The molecule has 0 bridgehead atoms. The minimum atomic E-state index is -0.114. The lowest BCUT2D eigenvalue weighted by molar-refractivity contribution is -0.116. The Balaban J connectivity index is 1.93. The van der Waals surface area contributed by atoms with E-state index < -0.39 is 0 Å². The smallest absolute Gasteiger partial charge is 0.255 e. The number of carbonyl (C=O) groups excluding carboxylic acids is 2. The number of nitrogens with zero attached hydrogens (tertiary/aromatic N) is 1. The fraction of sp³-hybridized carbons (Fsp3) is 0.467. The molecule has 1 aliphatic rings. The van der Waals surface area contributed by atoms with Crippen molar-refractivity contribution in [2.24, 2.45) is 0 Å². The van der Waals surface area contributed by atoms with Gasteiger partial charge in [-0.2, -0.15) is 0 Å². The molecule has 0 aromatic heterocycles. The Morgan fingerprint density at radius 1 is 1.25 bits per heavy atom. The predicted molar refractivity (Wildman–Crippen MR) is 78.7 cm³/mol. The molecule has 0 aliphatic heterocycles. The topological polar surface area (TPSA) is 61.4 Å². The molecule has 0 saturated heterocycles. The van der Waals surface area contributed by atoms with E-state index in [0.717, 1.165) is 0 Å². The first-order chi connectivity index (χ1) is 9.58. The number of para-hydroxylation sites is 1. The van der Waals surface area contributed by atoms with Crippen LogP contribution >= 0.6 is 0 Å². The fourth-order valence-electron chi connectivity index (χ4n) is 1.91. The number of nitrogens with one attached hydrogen (secondary N) is 2. The molecule has 2 amide bonds. The molecule has 2 rings (SSSR count). The molecule has 108 valence electrons. The first-order valence-corrected chi connectivity index (χ1v) is 6.92. The Morgan fingerprint density at radius 2 is 1.95 bits per heavy atom. The maximum Gasteiger partial charge on any atom is 0.255 e. The second kappa shape index (κ2) is 6.52. The highest BCUT2D eigenvalue weighted by molar-refractivity contribution is 6.03. The standard InChI is InChI=1S/C15H21N3O2/c1-18(2)15(20)12-5-3-4-6-13(12)17-14(19)9-10-16-11-7-8-11/h3-6,11,16H,7-10H2,1-2H3,(H,17,19). The molecule has 0 unspecified atom stereocenters. The molecule has 1 fully saturated rings. The summed E-state index contributed by atoms with van der Waals surface area (Å²) in [4.78, 5) is 25.4. The third-order valence-corrected chi connectivity index (χ3v) is 3.20. The van der Waals surface area contributed by atoms with Gasteiger partial charge in [0.2, 0.25) is 5.91 Å². The predicted octanol–water partition coefficient (Wildman–Crippen LogP) is 1.47. The van der Waals surface area contributed by atoms with Crippen LogP contribution in [-0.4, -0.2) is 43.4 Å². The number of benzene rings is 1. The first-order valence-electron chi connectivity index (χ1n) is 6.92. The summed E-state index contributed by atoms with van der Waals surface area (Å²) in [5, 5.41) is 6.11. The molecular weight excluding hydrogens is 254 g/mol. The van der Waals surface area contributed by atoms with Crippen LogP contribution in [0.1, 0.15) is 29.6 Å². The average Bonchev–Trinajstić information content (AvgIpc) is 3.22. The van der Waals surface area contributed by atoms with Crippen LogP contribution in [0.4, 0.5) is 5.69 Å². The summed E-state index contributed by atoms with van der Waals surface area (Å²) in [7, 11) is 3.39. The van der Waals surface area contributed by atoms with E-state index in [1.807, 2.05) is 6.07 Å². The third-order valence-electron chi connectivity index (χ3n) is 3.20. The molecule has 5 nitrogen and oxygen atoms in total. The van der Waals surface area contributed by atoms with Gasteiger partial charge in [0.05, 0.1) is 11.3 Å². The van der Waals surface area contributed by atoms with E-state index in [1.165, 1.54) is 17.7 Å². The van der Waals surface area contributed by atoms with E-state index in [2.05, 4.69) is 10.6 Å². The van der Waals surface area contributed by atoms with E-state index in [9.17, 15) is 9.59 Å². The van der Waals surface area contributed by atoms with Crippen molar-refractivity contribution in [2.75, 3.05) is 26.0 Å². The van der Waals surface area contributed by atoms with Gasteiger partial charge in [0, 0.05) is 33.1 Å². The number of carbonyl (C=O) groups is 2. The molecule has 0 spiro atoms. The number of anilines is 1. The summed E-state index contributed by atoms with van der Waals surface area (Å²) in [5.74, 6) is -0.186. The van der Waals surface area contributed by atoms with Crippen LogP contribution in [-0.2, 0) is 4.79 Å². The van der Waals surface area contributed by atoms with E-state index >= 15 is 0 Å². The lowest BCUT2D eigenvalue weighted by atomic mass is 10.1. The van der Waals surface area contributed by atoms with Gasteiger partial charge in [-0.25, -0.2) is 0 Å². The minimum absolute atomic E-state index is 0.0721. The van der Waals surface area contributed by atoms with E-state index in [1.54, 1.807) is 32.3 Å². The lowest BCUT2D eigenvalue weighted by Gasteiger charge is -2.14. The maximum atomic E-state index is 12.0. The van der Waals surface area contributed by atoms with Gasteiger partial charge in [-0.15, -0.1) is 0 Å². The number of hydrogen-bond acceptors (Lipinski definition) is 3. The molecule has 1 aliphatic carbocycles. The van der Waals surface area contributed by atoms with E-state index in [0.29, 0.717) is 30.3 Å². The SMILES string of the molecule is CN(C)C(=O)c1ccccc1NC(=O)CCNC1CC1. The van der Waals surface area contributed by atoms with Gasteiger partial charge in [0.25, 0.3) is 5.91 Å². The second-order valence-electron chi connectivity index (χ2n) is 5.27. The summed E-state index contributed by atoms with van der Waals surface area (Å²) in [5.41, 5.74) is 1.09. The van der Waals surface area contributed by atoms with Crippen LogP contribution in [0.15, 0.2) is 24.3 Å². The highest BCUT2D eigenvalue weighted by Gasteiger charge is 2.20. The molecule has 2 N–H and O–H groups in total. The van der Waals surface area contributed by atoms with Gasteiger partial charge in [0.15, 0.2) is 0 Å². The monoisotopic (exact) mass is 275 g/mol. The molecule has 0 atom stereocenters. The Bertz CT molecular complexity index is 496. The molecule has 1 aromatic rings. The zero-order valence-corrected chi connectivity index (χ0v) is 12.0. The summed E-state index contributed by atoms with van der Waals surface area (Å²) in [6, 6.07) is 7.68. The minimum Gasteiger partial charge on any atom is -0.345 e. The molecule has 0 heterocycles. The Labute approximate surface area is 119 Å². The average molecular weight is 275 g/mol. The van der Waals surface area contributed by atoms with Gasteiger partial charge in [-0.1, -0.05) is 12.1 Å². The summed E-state index contributed by atoms with van der Waals surface area (Å²) in [6.45, 7) is 0.681. The first kappa shape index (κ1) is 14.5. The van der Waals surface area contributed by atoms with Crippen molar-refractivity contribution in [3.63, 3.8) is 0 Å². The van der Waals surface area contributed by atoms with Crippen molar-refractivity contribution >= 4 is 17.5 Å². The summed E-state index contributed by atoms with van der Waals surface area (Å²) < 4.78 is 0. The molecule has 5 heteroatoms. The fourth-order valence-corrected chi connectivity index (χ4v) is 1.91. The van der Waals surface area contributed by atoms with Crippen LogP contribution in [0.25, 0.3) is 0 Å².